The van der Waals surface area contributed by atoms with Crippen molar-refractivity contribution < 1.29 is 19.2 Å². The van der Waals surface area contributed by atoms with Gasteiger partial charge in [0, 0.05) is 26.2 Å². The summed E-state index contributed by atoms with van der Waals surface area (Å²) in [5.41, 5.74) is 0.254. The Morgan fingerprint density at radius 2 is 2.12 bits per heavy atom. The number of hydrogen-bond donors (Lipinski definition) is 0. The molecule has 0 aliphatic carbocycles. The van der Waals surface area contributed by atoms with Gasteiger partial charge in [-0.1, -0.05) is 18.3 Å². The number of carbonyl (C=O) groups excluding carboxylic acids is 2. The number of thioether (sulfide) groups is 1. The van der Waals surface area contributed by atoms with Gasteiger partial charge in [-0.25, -0.2) is 4.79 Å². The van der Waals surface area contributed by atoms with Crippen LogP contribution in [-0.2, 0) is 4.74 Å². The van der Waals surface area contributed by atoms with Crippen LogP contribution in [0.3, 0.4) is 0 Å². The zero-order chi connectivity index (χ0) is 17.7. The summed E-state index contributed by atoms with van der Waals surface area (Å²) in [5.74, 6) is 0. The molecule has 1 aromatic heterocycles. The number of piperazine rings is 1. The van der Waals surface area contributed by atoms with Crippen LogP contribution >= 0.6 is 23.1 Å². The molecule has 10 heteroatoms. The van der Waals surface area contributed by atoms with Gasteiger partial charge in [0.15, 0.2) is 6.29 Å². The molecular formula is C14H17N3O5S2. The largest absolute Gasteiger partial charge is 0.450 e. The molecule has 24 heavy (non-hydrogen) atoms. The van der Waals surface area contributed by atoms with Crippen LogP contribution in [0, 0.1) is 10.1 Å². The van der Waals surface area contributed by atoms with Crippen molar-refractivity contribution in [3.8, 4) is 0 Å². The number of hydrogen-bond acceptors (Lipinski definition) is 8. The molecule has 0 radical (unpaired) electrons. The van der Waals surface area contributed by atoms with E-state index in [1.807, 2.05) is 0 Å². The van der Waals surface area contributed by atoms with Crippen molar-refractivity contribution in [1.29, 1.82) is 0 Å². The third-order valence-electron chi connectivity index (χ3n) is 3.46. The van der Waals surface area contributed by atoms with Crippen LogP contribution < -0.4 is 4.90 Å². The Morgan fingerprint density at radius 3 is 2.62 bits per heavy atom. The molecular weight excluding hydrogens is 354 g/mol. The zero-order valence-electron chi connectivity index (χ0n) is 13.1. The van der Waals surface area contributed by atoms with Gasteiger partial charge in [-0.15, -0.1) is 11.3 Å². The van der Waals surface area contributed by atoms with Crippen molar-refractivity contribution in [2.45, 2.75) is 11.1 Å². The fourth-order valence-electron chi connectivity index (χ4n) is 2.44. The summed E-state index contributed by atoms with van der Waals surface area (Å²) in [5, 5.41) is 13.0. The minimum Gasteiger partial charge on any atom is -0.450 e. The summed E-state index contributed by atoms with van der Waals surface area (Å²) in [6.07, 6.45) is 0.244. The predicted molar refractivity (Wildman–Crippen MR) is 93.2 cm³/mol. The highest BCUT2D eigenvalue weighted by Gasteiger charge is 2.33. The van der Waals surface area contributed by atoms with E-state index in [2.05, 4.69) is 6.58 Å². The van der Waals surface area contributed by atoms with Crippen molar-refractivity contribution in [1.82, 2.24) is 4.90 Å². The van der Waals surface area contributed by atoms with Crippen LogP contribution in [0.15, 0.2) is 16.2 Å². The number of rotatable bonds is 6. The molecule has 2 rings (SSSR count). The van der Waals surface area contributed by atoms with Gasteiger partial charge in [0.2, 0.25) is 0 Å². The molecule has 1 saturated heterocycles. The van der Waals surface area contributed by atoms with Gasteiger partial charge in [-0.3, -0.25) is 14.9 Å². The molecule has 1 amide bonds. The smallest absolute Gasteiger partial charge is 0.409 e. The van der Waals surface area contributed by atoms with Gasteiger partial charge in [0.05, 0.1) is 16.4 Å². The van der Waals surface area contributed by atoms with Crippen molar-refractivity contribution in [2.75, 3.05) is 37.7 Å². The van der Waals surface area contributed by atoms with E-state index < -0.39 is 11.0 Å². The first-order chi connectivity index (χ1) is 11.5. The molecule has 2 heterocycles. The second-order valence-electron chi connectivity index (χ2n) is 4.78. The summed E-state index contributed by atoms with van der Waals surface area (Å²) >= 11 is 2.21. The van der Waals surface area contributed by atoms with Crippen LogP contribution in [0.1, 0.15) is 16.6 Å². The number of aldehydes is 1. The second-order valence-corrected chi connectivity index (χ2v) is 7.07. The fraction of sp³-hybridized carbons (Fsp3) is 0.429. The van der Waals surface area contributed by atoms with Gasteiger partial charge in [-0.05, 0) is 12.3 Å². The molecule has 0 saturated carbocycles. The van der Waals surface area contributed by atoms with E-state index in [1.54, 1.807) is 16.7 Å². The van der Waals surface area contributed by atoms with Crippen molar-refractivity contribution in [2.24, 2.45) is 0 Å². The summed E-state index contributed by atoms with van der Waals surface area (Å²) in [6.45, 7) is 7.16. The summed E-state index contributed by atoms with van der Waals surface area (Å²) in [4.78, 5) is 37.8. The maximum atomic E-state index is 11.7. The Kier molecular flexibility index (Phi) is 6.21. The van der Waals surface area contributed by atoms with E-state index in [-0.39, 0.29) is 5.69 Å². The third-order valence-corrected chi connectivity index (χ3v) is 5.46. The SMILES string of the molecule is C=CSc1sc(C=O)c(N2CCN(C(=O)OCC)CC2)c1[N+](=O)[O-]. The van der Waals surface area contributed by atoms with Gasteiger partial charge < -0.3 is 14.5 Å². The summed E-state index contributed by atoms with van der Waals surface area (Å²) in [7, 11) is 0. The van der Waals surface area contributed by atoms with Crippen molar-refractivity contribution >= 4 is 46.9 Å². The third kappa shape index (κ3) is 3.70. The number of nitro groups is 1. The van der Waals surface area contributed by atoms with Crippen LogP contribution in [0.25, 0.3) is 0 Å². The van der Waals surface area contributed by atoms with Crippen LogP contribution in [0.4, 0.5) is 16.2 Å². The first-order valence-corrected chi connectivity index (χ1v) is 8.93. The molecule has 0 atom stereocenters. The monoisotopic (exact) mass is 371 g/mol. The topological polar surface area (TPSA) is 93.0 Å². The lowest BCUT2D eigenvalue weighted by atomic mass is 10.2. The molecule has 0 aromatic carbocycles. The number of anilines is 1. The Balaban J connectivity index is 2.26. The molecule has 1 aliphatic rings. The maximum Gasteiger partial charge on any atom is 0.409 e. The van der Waals surface area contributed by atoms with E-state index in [9.17, 15) is 19.7 Å². The molecule has 0 bridgehead atoms. The second kappa shape index (κ2) is 8.15. The van der Waals surface area contributed by atoms with Crippen molar-refractivity contribution in [3.63, 3.8) is 0 Å². The number of amides is 1. The lowest BCUT2D eigenvalue weighted by molar-refractivity contribution is -0.386. The first kappa shape index (κ1) is 18.3. The molecule has 0 N–H and O–H groups in total. The molecule has 8 nitrogen and oxygen atoms in total. The van der Waals surface area contributed by atoms with Gasteiger partial charge in [0.1, 0.15) is 9.90 Å². The summed E-state index contributed by atoms with van der Waals surface area (Å²) in [6, 6.07) is 0. The van der Waals surface area contributed by atoms with Gasteiger partial charge in [-0.2, -0.15) is 0 Å². The average molecular weight is 371 g/mol. The molecule has 1 aromatic rings. The number of thiophene rings is 1. The van der Waals surface area contributed by atoms with E-state index >= 15 is 0 Å². The van der Waals surface area contributed by atoms with E-state index in [0.29, 0.717) is 53.8 Å². The standard InChI is InChI=1S/C14H17N3O5S2/c1-3-22-14(19)16-7-5-15(6-8-16)11-10(9-18)24-13(23-4-2)12(11)17(20)21/h4,9H,2-3,5-8H2,1H3. The molecule has 130 valence electrons. The quantitative estimate of drug-likeness (QED) is 0.328. The maximum absolute atomic E-state index is 11.7. The Labute approximate surface area is 147 Å². The lowest BCUT2D eigenvalue weighted by Crippen LogP contribution is -2.49. The zero-order valence-corrected chi connectivity index (χ0v) is 14.7. The van der Waals surface area contributed by atoms with Gasteiger partial charge in [0.25, 0.3) is 0 Å². The Morgan fingerprint density at radius 1 is 1.46 bits per heavy atom. The number of ether oxygens (including phenoxy) is 1. The first-order valence-electron chi connectivity index (χ1n) is 7.24. The number of carbonyl (C=O) groups is 2. The highest BCUT2D eigenvalue weighted by atomic mass is 32.2. The van der Waals surface area contributed by atoms with Crippen LogP contribution in [-0.4, -0.2) is 55.0 Å². The predicted octanol–water partition coefficient (Wildman–Crippen LogP) is 2.98. The fourth-order valence-corrected chi connectivity index (χ4v) is 4.38. The molecule has 1 aliphatic heterocycles. The van der Waals surface area contributed by atoms with Crippen molar-refractivity contribution in [3.05, 3.63) is 27.0 Å². The Bertz CT molecular complexity index is 653. The highest BCUT2D eigenvalue weighted by Crippen LogP contribution is 2.47. The number of nitrogens with zero attached hydrogens (tertiary/aromatic N) is 3. The average Bonchev–Trinajstić information content (AvgIpc) is 2.94. The van der Waals surface area contributed by atoms with Gasteiger partial charge >= 0.3 is 11.8 Å². The van der Waals surface area contributed by atoms with E-state index in [0.717, 1.165) is 23.1 Å². The summed E-state index contributed by atoms with van der Waals surface area (Å²) < 4.78 is 5.39. The highest BCUT2D eigenvalue weighted by molar-refractivity contribution is 8.04. The molecule has 0 spiro atoms. The van der Waals surface area contributed by atoms with E-state index in [4.69, 9.17) is 4.74 Å². The Hall–Kier alpha value is -2.07. The molecule has 0 unspecified atom stereocenters. The van der Waals surface area contributed by atoms with E-state index in [1.165, 1.54) is 5.41 Å². The van der Waals surface area contributed by atoms with Crippen LogP contribution in [0.2, 0.25) is 0 Å². The van der Waals surface area contributed by atoms with Crippen LogP contribution in [0.5, 0.6) is 0 Å². The molecule has 1 fully saturated rings. The minimum atomic E-state index is -0.470. The normalized spacial score (nSPS) is 14.4. The lowest BCUT2D eigenvalue weighted by Gasteiger charge is -2.34. The minimum absolute atomic E-state index is 0.0726.